The third kappa shape index (κ3) is 4.67. The van der Waals surface area contributed by atoms with Gasteiger partial charge in [-0.15, -0.1) is 0 Å². The minimum atomic E-state index is -0.511. The molecule has 1 heterocycles. The Hall–Kier alpha value is -4.00. The van der Waals surface area contributed by atoms with Gasteiger partial charge in [-0.3, -0.25) is 19.7 Å². The highest BCUT2D eigenvalue weighted by molar-refractivity contribution is 6.13. The molecule has 0 saturated carbocycles. The van der Waals surface area contributed by atoms with Gasteiger partial charge in [0.25, 0.3) is 11.6 Å². The standard InChI is InChI=1S/C25H23N3O4/c29-24(18-7-3-1-4-8-18)22-17-20(11-14-23(22)27-15-5-2-6-16-27)26-25(30)19-9-12-21(13-10-19)28(31)32/h1,3-4,7-14,17H,2,5-6,15-16H2,(H,26,30). The van der Waals surface area contributed by atoms with Crippen LogP contribution in [-0.2, 0) is 0 Å². The van der Waals surface area contributed by atoms with E-state index in [0.717, 1.165) is 31.6 Å². The number of carbonyl (C=O) groups excluding carboxylic acids is 2. The van der Waals surface area contributed by atoms with E-state index < -0.39 is 10.8 Å². The number of hydrogen-bond acceptors (Lipinski definition) is 5. The molecule has 0 unspecified atom stereocenters. The van der Waals surface area contributed by atoms with Gasteiger partial charge in [0.1, 0.15) is 0 Å². The van der Waals surface area contributed by atoms with Crippen LogP contribution in [0.2, 0.25) is 0 Å². The molecule has 1 saturated heterocycles. The molecule has 0 atom stereocenters. The predicted octanol–water partition coefficient (Wildman–Crippen LogP) is 5.07. The van der Waals surface area contributed by atoms with E-state index in [1.54, 1.807) is 24.3 Å². The van der Waals surface area contributed by atoms with Gasteiger partial charge in [0, 0.05) is 53.3 Å². The van der Waals surface area contributed by atoms with Crippen LogP contribution in [0.25, 0.3) is 0 Å². The molecule has 3 aromatic carbocycles. The molecule has 7 nitrogen and oxygen atoms in total. The third-order valence-electron chi connectivity index (χ3n) is 5.57. The number of ketones is 1. The number of carbonyl (C=O) groups is 2. The first-order valence-electron chi connectivity index (χ1n) is 10.6. The highest BCUT2D eigenvalue weighted by Gasteiger charge is 2.21. The van der Waals surface area contributed by atoms with Crippen LogP contribution in [0.15, 0.2) is 72.8 Å². The topological polar surface area (TPSA) is 92.6 Å². The Bertz CT molecular complexity index is 1140. The van der Waals surface area contributed by atoms with Gasteiger partial charge in [0.2, 0.25) is 0 Å². The number of nitrogens with zero attached hydrogens (tertiary/aromatic N) is 2. The second-order valence-electron chi connectivity index (χ2n) is 7.73. The first-order chi connectivity index (χ1) is 15.5. The number of rotatable bonds is 6. The molecule has 1 N–H and O–H groups in total. The number of nitrogens with one attached hydrogen (secondary N) is 1. The molecular formula is C25H23N3O4. The fourth-order valence-electron chi connectivity index (χ4n) is 3.89. The molecule has 1 aliphatic rings. The molecule has 0 radical (unpaired) electrons. The summed E-state index contributed by atoms with van der Waals surface area (Å²) < 4.78 is 0. The van der Waals surface area contributed by atoms with Crippen LogP contribution in [0, 0.1) is 10.1 Å². The van der Waals surface area contributed by atoms with Crippen LogP contribution < -0.4 is 10.2 Å². The first-order valence-corrected chi connectivity index (χ1v) is 10.6. The number of nitro benzene ring substituents is 1. The van der Waals surface area contributed by atoms with Gasteiger partial charge in [-0.1, -0.05) is 30.3 Å². The number of non-ortho nitro benzene ring substituents is 1. The first kappa shape index (κ1) is 21.2. The summed E-state index contributed by atoms with van der Waals surface area (Å²) >= 11 is 0. The molecule has 0 bridgehead atoms. The summed E-state index contributed by atoms with van der Waals surface area (Å²) in [7, 11) is 0. The van der Waals surface area contributed by atoms with Gasteiger partial charge in [-0.25, -0.2) is 0 Å². The van der Waals surface area contributed by atoms with Crippen LogP contribution in [0.4, 0.5) is 17.1 Å². The monoisotopic (exact) mass is 429 g/mol. The number of benzene rings is 3. The Kier molecular flexibility index (Phi) is 6.26. The van der Waals surface area contributed by atoms with Crippen LogP contribution in [0.3, 0.4) is 0 Å². The van der Waals surface area contributed by atoms with E-state index in [-0.39, 0.29) is 11.5 Å². The number of hydrogen-bond donors (Lipinski definition) is 1. The SMILES string of the molecule is O=C(Nc1ccc(N2CCCCC2)c(C(=O)c2ccccc2)c1)c1ccc([N+](=O)[O-])cc1. The van der Waals surface area contributed by atoms with Crippen molar-refractivity contribution in [1.82, 2.24) is 0 Å². The molecule has 0 spiro atoms. The van der Waals surface area contributed by atoms with Gasteiger partial charge in [0.15, 0.2) is 5.78 Å². The minimum absolute atomic E-state index is 0.0804. The summed E-state index contributed by atoms with van der Waals surface area (Å²) in [6.45, 7) is 1.78. The molecule has 1 fully saturated rings. The molecule has 3 aromatic rings. The molecule has 0 aromatic heterocycles. The maximum Gasteiger partial charge on any atom is 0.269 e. The van der Waals surface area contributed by atoms with Crippen LogP contribution in [0.1, 0.15) is 45.5 Å². The maximum absolute atomic E-state index is 13.3. The largest absolute Gasteiger partial charge is 0.371 e. The van der Waals surface area contributed by atoms with Crippen molar-refractivity contribution in [2.45, 2.75) is 19.3 Å². The zero-order valence-electron chi connectivity index (χ0n) is 17.5. The Morgan fingerprint density at radius 3 is 2.19 bits per heavy atom. The van der Waals surface area contributed by atoms with E-state index in [2.05, 4.69) is 10.2 Å². The van der Waals surface area contributed by atoms with Crippen molar-refractivity contribution in [3.05, 3.63) is 99.6 Å². The summed E-state index contributed by atoms with van der Waals surface area (Å²) in [6.07, 6.45) is 3.34. The number of amides is 1. The van der Waals surface area contributed by atoms with Crippen molar-refractivity contribution in [1.29, 1.82) is 0 Å². The van der Waals surface area contributed by atoms with E-state index in [4.69, 9.17) is 0 Å². The van der Waals surface area contributed by atoms with E-state index in [9.17, 15) is 19.7 Å². The van der Waals surface area contributed by atoms with Gasteiger partial charge in [-0.05, 0) is 49.6 Å². The molecular weight excluding hydrogens is 406 g/mol. The van der Waals surface area contributed by atoms with Gasteiger partial charge < -0.3 is 10.2 Å². The zero-order valence-corrected chi connectivity index (χ0v) is 17.5. The summed E-state index contributed by atoms with van der Waals surface area (Å²) in [5, 5.41) is 13.6. The number of piperidine rings is 1. The van der Waals surface area contributed by atoms with Crippen molar-refractivity contribution in [2.24, 2.45) is 0 Å². The number of anilines is 2. The number of nitro groups is 1. The quantitative estimate of drug-likeness (QED) is 0.336. The lowest BCUT2D eigenvalue weighted by atomic mass is 9.99. The van der Waals surface area contributed by atoms with Gasteiger partial charge >= 0.3 is 0 Å². The summed E-state index contributed by atoms with van der Waals surface area (Å²) in [6, 6.07) is 19.9. The highest BCUT2D eigenvalue weighted by atomic mass is 16.6. The van der Waals surface area contributed by atoms with Crippen LogP contribution in [0.5, 0.6) is 0 Å². The molecule has 162 valence electrons. The van der Waals surface area contributed by atoms with E-state index in [0.29, 0.717) is 22.4 Å². The fourth-order valence-corrected chi connectivity index (χ4v) is 3.89. The molecule has 32 heavy (non-hydrogen) atoms. The Balaban J connectivity index is 1.63. The Morgan fingerprint density at radius 2 is 1.53 bits per heavy atom. The highest BCUT2D eigenvalue weighted by Crippen LogP contribution is 2.29. The normalized spacial score (nSPS) is 13.4. The molecule has 7 heteroatoms. The predicted molar refractivity (Wildman–Crippen MR) is 123 cm³/mol. The average Bonchev–Trinajstić information content (AvgIpc) is 2.84. The van der Waals surface area contributed by atoms with Crippen molar-refractivity contribution in [3.8, 4) is 0 Å². The Labute approximate surface area is 185 Å². The van der Waals surface area contributed by atoms with Crippen molar-refractivity contribution in [2.75, 3.05) is 23.3 Å². The molecule has 4 rings (SSSR count). The van der Waals surface area contributed by atoms with Crippen LogP contribution >= 0.6 is 0 Å². The van der Waals surface area contributed by atoms with Crippen molar-refractivity contribution < 1.29 is 14.5 Å². The maximum atomic E-state index is 13.3. The summed E-state index contributed by atoms with van der Waals surface area (Å²) in [5.41, 5.74) is 2.71. The van der Waals surface area contributed by atoms with Crippen LogP contribution in [-0.4, -0.2) is 29.7 Å². The summed E-state index contributed by atoms with van der Waals surface area (Å²) in [4.78, 5) is 38.5. The Morgan fingerprint density at radius 1 is 0.844 bits per heavy atom. The van der Waals surface area contributed by atoms with E-state index in [1.165, 1.54) is 30.7 Å². The lowest BCUT2D eigenvalue weighted by molar-refractivity contribution is -0.384. The third-order valence-corrected chi connectivity index (χ3v) is 5.57. The average molecular weight is 429 g/mol. The second-order valence-corrected chi connectivity index (χ2v) is 7.73. The smallest absolute Gasteiger partial charge is 0.269 e. The molecule has 1 amide bonds. The van der Waals surface area contributed by atoms with E-state index in [1.807, 2.05) is 24.3 Å². The van der Waals surface area contributed by atoms with Crippen molar-refractivity contribution in [3.63, 3.8) is 0 Å². The van der Waals surface area contributed by atoms with Gasteiger partial charge in [0.05, 0.1) is 4.92 Å². The summed E-state index contributed by atoms with van der Waals surface area (Å²) in [5.74, 6) is -0.499. The van der Waals surface area contributed by atoms with E-state index >= 15 is 0 Å². The zero-order chi connectivity index (χ0) is 22.5. The molecule has 1 aliphatic heterocycles. The minimum Gasteiger partial charge on any atom is -0.371 e. The van der Waals surface area contributed by atoms with Crippen molar-refractivity contribution >= 4 is 28.8 Å². The lowest BCUT2D eigenvalue weighted by Crippen LogP contribution is -2.31. The second kappa shape index (κ2) is 9.43. The molecule has 0 aliphatic carbocycles. The lowest BCUT2D eigenvalue weighted by Gasteiger charge is -2.30. The van der Waals surface area contributed by atoms with Gasteiger partial charge in [-0.2, -0.15) is 0 Å². The fraction of sp³-hybridized carbons (Fsp3) is 0.200.